The second kappa shape index (κ2) is 8.84. The van der Waals surface area contributed by atoms with Crippen molar-refractivity contribution in [2.75, 3.05) is 18.5 Å². The Morgan fingerprint density at radius 1 is 1.25 bits per heavy atom. The van der Waals surface area contributed by atoms with Gasteiger partial charge in [0.15, 0.2) is 6.61 Å². The third kappa shape index (κ3) is 4.82. The number of halogens is 1. The fraction of sp³-hybridized carbons (Fsp3) is 0.294. The normalized spacial score (nSPS) is 10.3. The number of amides is 1. The molecular weight excluding hydrogens is 394 g/mol. The first-order chi connectivity index (χ1) is 11.5. The number of aryl methyl sites for hydroxylation is 1. The van der Waals surface area contributed by atoms with E-state index in [4.69, 9.17) is 9.47 Å². The van der Waals surface area contributed by atoms with Crippen LogP contribution in [0.5, 0.6) is 5.75 Å². The van der Waals surface area contributed by atoms with Crippen molar-refractivity contribution in [3.8, 4) is 5.75 Å². The number of esters is 1. The maximum Gasteiger partial charge on any atom is 0.341 e. The van der Waals surface area contributed by atoms with Gasteiger partial charge in [-0.1, -0.05) is 19.1 Å². The molecule has 0 saturated carbocycles. The van der Waals surface area contributed by atoms with Crippen LogP contribution < -0.4 is 10.1 Å². The van der Waals surface area contributed by atoms with Gasteiger partial charge >= 0.3 is 5.97 Å². The van der Waals surface area contributed by atoms with E-state index in [1.54, 1.807) is 19.1 Å². The molecule has 0 unspecified atom stereocenters. The maximum absolute atomic E-state index is 12.1. The minimum absolute atomic E-state index is 0.149. The summed E-state index contributed by atoms with van der Waals surface area (Å²) in [6.07, 6.45) is 0.778. The van der Waals surface area contributed by atoms with E-state index in [0.717, 1.165) is 15.8 Å². The van der Waals surface area contributed by atoms with Crippen molar-refractivity contribution in [2.45, 2.75) is 20.3 Å². The molecule has 5 nitrogen and oxygen atoms in total. The van der Waals surface area contributed by atoms with Gasteiger partial charge in [-0.05, 0) is 47.5 Å². The van der Waals surface area contributed by atoms with E-state index < -0.39 is 5.97 Å². The molecule has 2 aromatic rings. The van der Waals surface area contributed by atoms with Gasteiger partial charge < -0.3 is 14.8 Å². The molecule has 128 valence electrons. The van der Waals surface area contributed by atoms with Gasteiger partial charge in [0.1, 0.15) is 10.8 Å². The van der Waals surface area contributed by atoms with Crippen LogP contribution in [0.2, 0.25) is 0 Å². The first-order valence-electron chi connectivity index (χ1n) is 7.52. The average Bonchev–Trinajstić information content (AvgIpc) is 2.97. The van der Waals surface area contributed by atoms with Crippen LogP contribution in [0, 0.1) is 0 Å². The Labute approximate surface area is 153 Å². The van der Waals surface area contributed by atoms with Crippen LogP contribution in [0.3, 0.4) is 0 Å². The number of ether oxygens (including phenoxy) is 2. The summed E-state index contributed by atoms with van der Waals surface area (Å²) in [4.78, 5) is 25.1. The van der Waals surface area contributed by atoms with Gasteiger partial charge in [-0.2, -0.15) is 0 Å². The Morgan fingerprint density at radius 3 is 2.67 bits per heavy atom. The zero-order chi connectivity index (χ0) is 17.5. The molecule has 1 aromatic carbocycles. The second-order valence-electron chi connectivity index (χ2n) is 4.80. The Morgan fingerprint density at radius 2 is 2.00 bits per heavy atom. The van der Waals surface area contributed by atoms with Crippen LogP contribution in [0.4, 0.5) is 5.00 Å². The number of anilines is 1. The Kier molecular flexibility index (Phi) is 6.81. The summed E-state index contributed by atoms with van der Waals surface area (Å²) in [5.41, 5.74) is 0.382. The largest absolute Gasteiger partial charge is 0.483 e. The smallest absolute Gasteiger partial charge is 0.341 e. The van der Waals surface area contributed by atoms with E-state index in [9.17, 15) is 9.59 Å². The van der Waals surface area contributed by atoms with Crippen LogP contribution in [0.15, 0.2) is 34.8 Å². The Balaban J connectivity index is 2.04. The lowest BCUT2D eigenvalue weighted by molar-refractivity contribution is -0.118. The molecule has 0 bridgehead atoms. The van der Waals surface area contributed by atoms with E-state index in [1.807, 2.05) is 25.1 Å². The predicted octanol–water partition coefficient (Wildman–Crippen LogP) is 4.27. The third-order valence-electron chi connectivity index (χ3n) is 3.08. The van der Waals surface area contributed by atoms with Crippen molar-refractivity contribution >= 4 is 44.1 Å². The lowest BCUT2D eigenvalue weighted by Crippen LogP contribution is -2.21. The Bertz CT molecular complexity index is 729. The highest BCUT2D eigenvalue weighted by molar-refractivity contribution is 9.10. The summed E-state index contributed by atoms with van der Waals surface area (Å²) in [7, 11) is 0. The molecule has 0 spiro atoms. The number of para-hydroxylation sites is 1. The SMILES string of the molecule is CCOC(=O)c1cc(CC)sc1NC(=O)COc1ccccc1Br. The number of nitrogens with one attached hydrogen (secondary N) is 1. The molecule has 0 aliphatic rings. The van der Waals surface area contributed by atoms with E-state index in [0.29, 0.717) is 16.3 Å². The molecule has 2 rings (SSSR count). The average molecular weight is 412 g/mol. The first kappa shape index (κ1) is 18.5. The number of thiophene rings is 1. The fourth-order valence-corrected chi connectivity index (χ4v) is 3.34. The molecule has 0 atom stereocenters. The molecule has 0 aliphatic carbocycles. The van der Waals surface area contributed by atoms with E-state index in [2.05, 4.69) is 21.2 Å². The number of benzene rings is 1. The van der Waals surface area contributed by atoms with Crippen molar-refractivity contribution in [3.63, 3.8) is 0 Å². The number of carbonyl (C=O) groups is 2. The molecule has 0 fully saturated rings. The summed E-state index contributed by atoms with van der Waals surface area (Å²) >= 11 is 4.73. The van der Waals surface area contributed by atoms with Gasteiger partial charge in [0.2, 0.25) is 0 Å². The molecule has 0 aliphatic heterocycles. The van der Waals surface area contributed by atoms with Gasteiger partial charge in [-0.25, -0.2) is 4.79 Å². The van der Waals surface area contributed by atoms with Crippen molar-refractivity contribution in [3.05, 3.63) is 45.2 Å². The topological polar surface area (TPSA) is 64.6 Å². The third-order valence-corrected chi connectivity index (χ3v) is 4.93. The summed E-state index contributed by atoms with van der Waals surface area (Å²) in [5.74, 6) is -0.185. The molecule has 0 saturated heterocycles. The highest BCUT2D eigenvalue weighted by Crippen LogP contribution is 2.29. The zero-order valence-corrected chi connectivity index (χ0v) is 15.8. The minimum Gasteiger partial charge on any atom is -0.483 e. The molecular formula is C17H18BrNO4S. The summed E-state index contributed by atoms with van der Waals surface area (Å²) in [6.45, 7) is 3.87. The number of carbonyl (C=O) groups excluding carboxylic acids is 2. The molecule has 24 heavy (non-hydrogen) atoms. The van der Waals surface area contributed by atoms with E-state index in [1.165, 1.54) is 11.3 Å². The van der Waals surface area contributed by atoms with Gasteiger partial charge in [0, 0.05) is 4.88 Å². The van der Waals surface area contributed by atoms with Gasteiger partial charge in [0.25, 0.3) is 5.91 Å². The first-order valence-corrected chi connectivity index (χ1v) is 9.13. The zero-order valence-electron chi connectivity index (χ0n) is 13.4. The number of rotatable bonds is 7. The monoisotopic (exact) mass is 411 g/mol. The van der Waals surface area contributed by atoms with Gasteiger partial charge in [-0.3, -0.25) is 4.79 Å². The quantitative estimate of drug-likeness (QED) is 0.690. The number of hydrogen-bond acceptors (Lipinski definition) is 5. The van der Waals surface area contributed by atoms with E-state index in [-0.39, 0.29) is 19.1 Å². The second-order valence-corrected chi connectivity index (χ2v) is 6.79. The number of hydrogen-bond donors (Lipinski definition) is 1. The van der Waals surface area contributed by atoms with Crippen LogP contribution in [-0.4, -0.2) is 25.1 Å². The minimum atomic E-state index is -0.435. The van der Waals surface area contributed by atoms with Crippen LogP contribution in [0.1, 0.15) is 29.1 Å². The molecule has 1 N–H and O–H groups in total. The Hall–Kier alpha value is -1.86. The standard InChI is InChI=1S/C17H18BrNO4S/c1-3-11-9-12(17(21)22-4-2)16(24-11)19-15(20)10-23-14-8-6-5-7-13(14)18/h5-9H,3-4,10H2,1-2H3,(H,19,20). The molecule has 1 aromatic heterocycles. The summed E-state index contributed by atoms with van der Waals surface area (Å²) in [5, 5.41) is 3.22. The van der Waals surface area contributed by atoms with Crippen molar-refractivity contribution in [1.29, 1.82) is 0 Å². The molecule has 1 heterocycles. The fourth-order valence-electron chi connectivity index (χ4n) is 1.94. The van der Waals surface area contributed by atoms with Gasteiger partial charge in [0.05, 0.1) is 16.6 Å². The van der Waals surface area contributed by atoms with Crippen molar-refractivity contribution in [2.24, 2.45) is 0 Å². The lowest BCUT2D eigenvalue weighted by atomic mass is 10.2. The maximum atomic E-state index is 12.1. The van der Waals surface area contributed by atoms with Gasteiger partial charge in [-0.15, -0.1) is 11.3 Å². The summed E-state index contributed by atoms with van der Waals surface area (Å²) in [6, 6.07) is 9.04. The highest BCUT2D eigenvalue weighted by atomic mass is 79.9. The summed E-state index contributed by atoms with van der Waals surface area (Å²) < 4.78 is 11.3. The molecule has 1 amide bonds. The van der Waals surface area contributed by atoms with E-state index >= 15 is 0 Å². The lowest BCUT2D eigenvalue weighted by Gasteiger charge is -2.09. The predicted molar refractivity (Wildman–Crippen MR) is 97.9 cm³/mol. The molecule has 0 radical (unpaired) electrons. The van der Waals surface area contributed by atoms with Crippen LogP contribution in [-0.2, 0) is 16.0 Å². The molecule has 7 heteroatoms. The van der Waals surface area contributed by atoms with Crippen LogP contribution in [0.25, 0.3) is 0 Å². The van der Waals surface area contributed by atoms with Crippen LogP contribution >= 0.6 is 27.3 Å². The van der Waals surface area contributed by atoms with Crippen molar-refractivity contribution in [1.82, 2.24) is 0 Å². The van der Waals surface area contributed by atoms with Crippen molar-refractivity contribution < 1.29 is 19.1 Å². The highest BCUT2D eigenvalue weighted by Gasteiger charge is 2.18.